The Morgan fingerprint density at radius 2 is 1.74 bits per heavy atom. The molecule has 0 fully saturated rings. The number of carbonyl (C=O) groups excluding carboxylic acids is 1. The van der Waals surface area contributed by atoms with Crippen LogP contribution in [0.2, 0.25) is 0 Å². The van der Waals surface area contributed by atoms with Crippen molar-refractivity contribution in [2.75, 3.05) is 7.11 Å². The monoisotopic (exact) mass is 310 g/mol. The maximum Gasteiger partial charge on any atom is 0.315 e. The van der Waals surface area contributed by atoms with E-state index in [0.29, 0.717) is 5.75 Å². The van der Waals surface area contributed by atoms with Crippen LogP contribution in [0.25, 0.3) is 5.69 Å². The third-order valence-electron chi connectivity index (χ3n) is 3.19. The van der Waals surface area contributed by atoms with Crippen LogP contribution in [0.5, 0.6) is 11.5 Å². The molecule has 0 saturated heterocycles. The maximum atomic E-state index is 12.0. The third-order valence-corrected chi connectivity index (χ3v) is 3.19. The molecule has 7 nitrogen and oxygen atoms in total. The first-order valence-electron chi connectivity index (χ1n) is 6.91. The fraction of sp³-hybridized carbons (Fsp3) is 0.125. The highest BCUT2D eigenvalue weighted by Gasteiger charge is 2.07. The Hall–Kier alpha value is -3.22. The van der Waals surface area contributed by atoms with Gasteiger partial charge >= 0.3 is 5.97 Å². The number of hydrogen-bond donors (Lipinski definition) is 0. The van der Waals surface area contributed by atoms with Crippen LogP contribution in [-0.4, -0.2) is 33.3 Å². The van der Waals surface area contributed by atoms with E-state index in [1.54, 1.807) is 31.4 Å². The van der Waals surface area contributed by atoms with Crippen LogP contribution in [0.3, 0.4) is 0 Å². The zero-order valence-corrected chi connectivity index (χ0v) is 12.4. The molecule has 0 unspecified atom stereocenters. The van der Waals surface area contributed by atoms with Gasteiger partial charge in [0.2, 0.25) is 0 Å². The van der Waals surface area contributed by atoms with Crippen molar-refractivity contribution in [2.45, 2.75) is 6.42 Å². The lowest BCUT2D eigenvalue weighted by Crippen LogP contribution is -2.11. The predicted molar refractivity (Wildman–Crippen MR) is 81.5 cm³/mol. The van der Waals surface area contributed by atoms with Gasteiger partial charge in [0.15, 0.2) is 0 Å². The quantitative estimate of drug-likeness (QED) is 0.528. The summed E-state index contributed by atoms with van der Waals surface area (Å²) in [6.45, 7) is 0. The normalized spacial score (nSPS) is 10.3. The Kier molecular flexibility index (Phi) is 4.28. The average molecular weight is 310 g/mol. The van der Waals surface area contributed by atoms with Crippen molar-refractivity contribution in [3.05, 3.63) is 60.4 Å². The summed E-state index contributed by atoms with van der Waals surface area (Å²) in [6, 6.07) is 14.2. The van der Waals surface area contributed by atoms with E-state index in [0.717, 1.165) is 17.0 Å². The predicted octanol–water partition coefficient (Wildman–Crippen LogP) is 1.82. The molecule has 2 aromatic carbocycles. The highest BCUT2D eigenvalue weighted by atomic mass is 16.5. The Morgan fingerprint density at radius 1 is 1.04 bits per heavy atom. The van der Waals surface area contributed by atoms with Gasteiger partial charge in [0, 0.05) is 0 Å². The molecule has 0 N–H and O–H groups in total. The minimum absolute atomic E-state index is 0.193. The second-order valence-corrected chi connectivity index (χ2v) is 4.75. The van der Waals surface area contributed by atoms with Gasteiger partial charge in [0.05, 0.1) is 19.2 Å². The lowest BCUT2D eigenvalue weighted by atomic mass is 10.1. The summed E-state index contributed by atoms with van der Waals surface area (Å²) in [5.74, 6) is 0.894. The summed E-state index contributed by atoms with van der Waals surface area (Å²) in [5.41, 5.74) is 1.64. The number of nitrogens with zero attached hydrogens (tertiary/aromatic N) is 4. The number of aromatic nitrogens is 4. The van der Waals surface area contributed by atoms with Gasteiger partial charge in [-0.15, -0.1) is 5.10 Å². The van der Waals surface area contributed by atoms with Crippen LogP contribution >= 0.6 is 0 Å². The first kappa shape index (κ1) is 14.7. The maximum absolute atomic E-state index is 12.0. The van der Waals surface area contributed by atoms with Gasteiger partial charge in [-0.3, -0.25) is 4.79 Å². The SMILES string of the molecule is COc1ccc(CC(=O)Oc2ccc(-n3cnnn3)cc2)cc1. The number of ether oxygens (including phenoxy) is 2. The van der Waals surface area contributed by atoms with E-state index >= 15 is 0 Å². The van der Waals surface area contributed by atoms with E-state index in [1.807, 2.05) is 24.3 Å². The van der Waals surface area contributed by atoms with Gasteiger partial charge in [-0.05, 0) is 52.4 Å². The molecule has 23 heavy (non-hydrogen) atoms. The smallest absolute Gasteiger partial charge is 0.315 e. The second-order valence-electron chi connectivity index (χ2n) is 4.75. The van der Waals surface area contributed by atoms with Crippen molar-refractivity contribution in [1.29, 1.82) is 0 Å². The molecule has 0 saturated carbocycles. The van der Waals surface area contributed by atoms with Crippen molar-refractivity contribution in [3.63, 3.8) is 0 Å². The highest BCUT2D eigenvalue weighted by molar-refractivity contribution is 5.75. The number of carbonyl (C=O) groups is 1. The van der Waals surface area contributed by atoms with Gasteiger partial charge in [-0.2, -0.15) is 0 Å². The van der Waals surface area contributed by atoms with E-state index in [1.165, 1.54) is 11.0 Å². The van der Waals surface area contributed by atoms with Gasteiger partial charge in [0.25, 0.3) is 0 Å². The summed E-state index contributed by atoms with van der Waals surface area (Å²) < 4.78 is 11.9. The Balaban J connectivity index is 1.61. The fourth-order valence-electron chi connectivity index (χ4n) is 2.02. The molecular weight excluding hydrogens is 296 g/mol. The Bertz CT molecular complexity index is 768. The standard InChI is InChI=1S/C16H14N4O3/c1-22-14-6-2-12(3-7-14)10-16(21)23-15-8-4-13(5-9-15)20-11-17-18-19-20/h2-9,11H,10H2,1H3. The van der Waals surface area contributed by atoms with Crippen LogP contribution in [0.1, 0.15) is 5.56 Å². The van der Waals surface area contributed by atoms with Crippen LogP contribution in [0.15, 0.2) is 54.9 Å². The molecule has 0 aliphatic heterocycles. The Morgan fingerprint density at radius 3 is 2.35 bits per heavy atom. The van der Waals surface area contributed by atoms with Crippen molar-refractivity contribution in [3.8, 4) is 17.2 Å². The third kappa shape index (κ3) is 3.70. The number of hydrogen-bond acceptors (Lipinski definition) is 6. The van der Waals surface area contributed by atoms with Crippen LogP contribution < -0.4 is 9.47 Å². The lowest BCUT2D eigenvalue weighted by Gasteiger charge is -2.06. The fourth-order valence-corrected chi connectivity index (χ4v) is 2.02. The molecule has 0 radical (unpaired) electrons. The molecule has 1 heterocycles. The van der Waals surface area contributed by atoms with Crippen LogP contribution in [0, 0.1) is 0 Å². The summed E-state index contributed by atoms with van der Waals surface area (Å²) in [5, 5.41) is 10.9. The molecule has 0 atom stereocenters. The number of methoxy groups -OCH3 is 1. The molecule has 0 aliphatic rings. The van der Waals surface area contributed by atoms with E-state index < -0.39 is 0 Å². The minimum Gasteiger partial charge on any atom is -0.497 e. The van der Waals surface area contributed by atoms with Crippen molar-refractivity contribution >= 4 is 5.97 Å². The minimum atomic E-state index is -0.328. The lowest BCUT2D eigenvalue weighted by molar-refractivity contribution is -0.133. The zero-order valence-electron chi connectivity index (χ0n) is 12.4. The second kappa shape index (κ2) is 6.69. The summed E-state index contributed by atoms with van der Waals surface area (Å²) in [6.07, 6.45) is 1.68. The van der Waals surface area contributed by atoms with Gasteiger partial charge in [-0.25, -0.2) is 4.68 Å². The largest absolute Gasteiger partial charge is 0.497 e. The van der Waals surface area contributed by atoms with E-state index in [9.17, 15) is 4.79 Å². The van der Waals surface area contributed by atoms with E-state index in [4.69, 9.17) is 9.47 Å². The number of benzene rings is 2. The molecular formula is C16H14N4O3. The molecule has 1 aromatic heterocycles. The van der Waals surface area contributed by atoms with E-state index in [2.05, 4.69) is 15.5 Å². The average Bonchev–Trinajstić information content (AvgIpc) is 3.11. The number of rotatable bonds is 5. The molecule has 0 bridgehead atoms. The molecule has 0 spiro atoms. The van der Waals surface area contributed by atoms with Gasteiger partial charge < -0.3 is 9.47 Å². The number of esters is 1. The number of tetrazole rings is 1. The van der Waals surface area contributed by atoms with Crippen molar-refractivity contribution in [2.24, 2.45) is 0 Å². The molecule has 116 valence electrons. The summed E-state index contributed by atoms with van der Waals surface area (Å²) in [4.78, 5) is 12.0. The first-order chi connectivity index (χ1) is 11.2. The molecule has 3 aromatic rings. The van der Waals surface area contributed by atoms with Crippen molar-refractivity contribution < 1.29 is 14.3 Å². The first-order valence-corrected chi connectivity index (χ1v) is 6.91. The zero-order chi connectivity index (χ0) is 16.1. The highest BCUT2D eigenvalue weighted by Crippen LogP contribution is 2.16. The van der Waals surface area contributed by atoms with Crippen molar-refractivity contribution in [1.82, 2.24) is 20.2 Å². The Labute approximate surface area is 132 Å². The van der Waals surface area contributed by atoms with Gasteiger partial charge in [0.1, 0.15) is 17.8 Å². The molecule has 3 rings (SSSR count). The van der Waals surface area contributed by atoms with E-state index in [-0.39, 0.29) is 12.4 Å². The molecule has 7 heteroatoms. The van der Waals surface area contributed by atoms with Crippen LogP contribution in [0.4, 0.5) is 0 Å². The topological polar surface area (TPSA) is 79.1 Å². The van der Waals surface area contributed by atoms with Gasteiger partial charge in [-0.1, -0.05) is 12.1 Å². The summed E-state index contributed by atoms with van der Waals surface area (Å²) >= 11 is 0. The molecule has 0 aliphatic carbocycles. The van der Waals surface area contributed by atoms with Crippen LogP contribution in [-0.2, 0) is 11.2 Å². The molecule has 0 amide bonds. The summed E-state index contributed by atoms with van der Waals surface area (Å²) in [7, 11) is 1.60.